The Balaban J connectivity index is 0.000000313. The van der Waals surface area contributed by atoms with E-state index < -0.39 is 95.9 Å². The number of aromatic nitrogens is 9. The van der Waals surface area contributed by atoms with Crippen LogP contribution in [0.5, 0.6) is 0 Å². The fourth-order valence-electron chi connectivity index (χ4n) is 18.5. The maximum absolute atomic E-state index is 14.7. The number of cyclic esters (lactones) is 1. The Labute approximate surface area is 777 Å². The van der Waals surface area contributed by atoms with Crippen LogP contribution in [0, 0.1) is 35.5 Å². The van der Waals surface area contributed by atoms with Gasteiger partial charge in [-0.2, -0.15) is 10.1 Å². The summed E-state index contributed by atoms with van der Waals surface area (Å²) < 4.78 is 54.4. The molecule has 7 N–H and O–H groups in total. The van der Waals surface area contributed by atoms with E-state index >= 15 is 0 Å². The quantitative estimate of drug-likeness (QED) is 0.0162. The lowest BCUT2D eigenvalue weighted by Crippen LogP contribution is -2.61. The third-order valence-electron chi connectivity index (χ3n) is 26.4. The normalized spacial score (nSPS) is 26.8. The number of Topliss-reactive ketones (excluding diaryl/α,β-unsaturated/α-hetero) is 3. The minimum atomic E-state index is -2.47. The Hall–Kier alpha value is -11.2. The number of nitrogens with two attached hydrogens (primary N) is 2. The van der Waals surface area contributed by atoms with Crippen LogP contribution in [-0.2, 0) is 97.4 Å². The number of ether oxygens (including phenoxy) is 8. The fraction of sp³-hybridized carbons (Fsp3) is 0.571. The van der Waals surface area contributed by atoms with Crippen LogP contribution in [0.15, 0.2) is 120 Å². The Morgan fingerprint density at radius 2 is 1.47 bits per heavy atom. The first-order valence-electron chi connectivity index (χ1n) is 46.7. The molecular formula is C98H132N16O19. The number of aliphatic hydroxyl groups excluding tert-OH is 1. The third kappa shape index (κ3) is 26.1. The van der Waals surface area contributed by atoms with Gasteiger partial charge < -0.3 is 88.9 Å². The molecule has 15 atom stereocenters. The Morgan fingerprint density at radius 1 is 0.737 bits per heavy atom. The van der Waals surface area contributed by atoms with Gasteiger partial charge in [-0.3, -0.25) is 33.6 Å². The smallest absolute Gasteiger partial charge is 0.329 e. The number of aryl methyl sites for hydroxylation is 1. The van der Waals surface area contributed by atoms with Crippen molar-refractivity contribution >= 4 is 92.9 Å². The summed E-state index contributed by atoms with van der Waals surface area (Å²) in [5.74, 6) is -7.60. The molecule has 13 rings (SSSR count). The molecule has 35 nitrogen and oxygen atoms in total. The number of benzene rings is 2. The Morgan fingerprint density at radius 3 is 2.17 bits per heavy atom. The number of esters is 2. The molecule has 0 unspecified atom stereocenters. The molecule has 2 bridgehead atoms. The number of nitrogens with zero attached hydrogens (tertiary/aromatic N) is 13. The summed E-state index contributed by atoms with van der Waals surface area (Å²) >= 11 is 0. The number of nitrogens with one attached hydrogen (secondary N) is 1. The molecule has 133 heavy (non-hydrogen) atoms. The zero-order valence-electron chi connectivity index (χ0n) is 78.7. The number of amides is 3. The monoisotopic (exact) mass is 1840 g/mol. The molecule has 6 aliphatic rings. The number of hydrogen-bond donors (Lipinski definition) is 5. The van der Waals surface area contributed by atoms with Crippen molar-refractivity contribution < 1.29 is 90.9 Å². The molecule has 5 aliphatic heterocycles. The Kier molecular flexibility index (Phi) is 36.1. The van der Waals surface area contributed by atoms with Crippen molar-refractivity contribution in [2.45, 2.75) is 232 Å². The summed E-state index contributed by atoms with van der Waals surface area (Å²) in [5.41, 5.74) is 21.2. The van der Waals surface area contributed by atoms with Gasteiger partial charge in [-0.05, 0) is 167 Å². The number of anilines is 4. The minimum Gasteiger partial charge on any atom is -0.460 e. The van der Waals surface area contributed by atoms with Crippen molar-refractivity contribution in [1.82, 2.24) is 59.8 Å². The van der Waals surface area contributed by atoms with Crippen LogP contribution in [0.25, 0.3) is 33.4 Å². The standard InChI is InChI=1S/C68H98N8O15.C30H34N8O4/c1-41-17-13-12-14-18-42(2)55(86-9)35-51-23-20-47(7)68(85,91-51)62(81)64(83)76-26-16-15-19-52(76)65(84)90-56(36-53(77)43(3)32-46(6)60(80)61(88-11)59(79)45(5)31-41)44(4)33-48-21-24-54(57(34-48)87-10)89-58(78)25-22-49-37-70-66(71-38-49)74-27-29-75(30-28-74)67-72-39-50(40-73-67)63(82)69-8;1-2-10-40-12-13-41-11-8-25(39)37-9-7-20-14-19(3-4-22(20)17-37)16-38-29-26(28(31)33-18-34-29)27(36-38)21-5-6-24-23(15-21)35-30(32)42-24/h12-14,17-18,32,37-41,43-45,47-48,51-52,54-57,60-61,80,85H,15-16,19-31,33-36H2,1-11H3,(H,69,82);3-6,14-15,18H,2,7-13,16-17H2,1H3,(H2,32,35)(H2,31,33,34)/b14-12+,17-13+,42-18+,46-32+;/t41-,43-,44-,45-,47-,48+,51+,52+,54-,55+,56+,57-,60-,61+,68-;/m1./s1. The van der Waals surface area contributed by atoms with Gasteiger partial charge in [-0.25, -0.2) is 39.4 Å². The largest absolute Gasteiger partial charge is 0.460 e. The topological polar surface area (TPSA) is 449 Å². The summed E-state index contributed by atoms with van der Waals surface area (Å²) in [4.78, 5) is 148. The molecule has 718 valence electrons. The molecule has 1 saturated carbocycles. The van der Waals surface area contributed by atoms with E-state index in [1.807, 2.05) is 83.8 Å². The summed E-state index contributed by atoms with van der Waals surface area (Å²) in [5, 5.41) is 31.9. The van der Waals surface area contributed by atoms with Gasteiger partial charge in [0.1, 0.15) is 59.6 Å². The minimum absolute atomic E-state index is 0.00454. The zero-order chi connectivity index (χ0) is 95.2. The Bertz CT molecular complexity index is 5280. The first kappa shape index (κ1) is 101. The number of piperidine rings is 1. The summed E-state index contributed by atoms with van der Waals surface area (Å²) in [6.45, 7) is 21.3. The molecule has 3 saturated heterocycles. The fourth-order valence-corrected chi connectivity index (χ4v) is 18.5. The number of aliphatic hydroxyl groups is 2. The number of carbonyl (C=O) groups is 8. The number of ketones is 3. The molecular weight excluding hydrogens is 1710 g/mol. The lowest BCUT2D eigenvalue weighted by atomic mass is 9.78. The lowest BCUT2D eigenvalue weighted by Gasteiger charge is -2.42. The van der Waals surface area contributed by atoms with E-state index in [-0.39, 0.29) is 73.0 Å². The van der Waals surface area contributed by atoms with Crippen LogP contribution in [0.1, 0.15) is 184 Å². The van der Waals surface area contributed by atoms with Gasteiger partial charge in [0, 0.05) is 148 Å². The van der Waals surface area contributed by atoms with Crippen molar-refractivity contribution in [3.8, 4) is 11.3 Å². The highest BCUT2D eigenvalue weighted by molar-refractivity contribution is 6.39. The SMILES string of the molecule is CCCOCCOCCC(=O)N1CCc2cc(Cn3nc(-c4ccc5oc(N)nc5c4)c4c(N)ncnc43)ccc2C1.CNC(=O)c1cnc(N2CCN(c3ncc(CCC(=O)O[C@@H]4CC[C@@H](C[C@@H](C)[C@@H]5CC(=O)[C@H](C)/C=C(\C)[C@@H](O)[C@@H](OC)C(=O)[C@H](C)C[C@H](C)/C=C/C=C/C=C(\C)[C@@H](OC)C[C@@H]6CC[C@@H](C)[C@@](O)(O6)C(=O)C(=O)N6CCCC[C@H]6C(=O)O5)C[C@H]4OC)cn3)CC2)nc1. The molecule has 3 amide bonds. The number of fused-ring (bicyclic) bond motifs is 6. The van der Waals surface area contributed by atoms with Gasteiger partial charge in [0.05, 0.1) is 62.0 Å². The van der Waals surface area contributed by atoms with E-state index in [0.29, 0.717) is 199 Å². The van der Waals surface area contributed by atoms with Gasteiger partial charge in [-0.1, -0.05) is 96.2 Å². The van der Waals surface area contributed by atoms with Crippen LogP contribution in [-0.4, -0.2) is 260 Å². The van der Waals surface area contributed by atoms with Crippen LogP contribution >= 0.6 is 0 Å². The molecule has 4 fully saturated rings. The van der Waals surface area contributed by atoms with E-state index in [1.165, 1.54) is 36.3 Å². The number of methoxy groups -OCH3 is 3. The molecule has 0 spiro atoms. The van der Waals surface area contributed by atoms with Gasteiger partial charge in [0.2, 0.25) is 23.6 Å². The first-order valence-corrected chi connectivity index (χ1v) is 46.7. The predicted molar refractivity (Wildman–Crippen MR) is 498 cm³/mol. The number of rotatable bonds is 24. The molecule has 35 heteroatoms. The highest BCUT2D eigenvalue weighted by Gasteiger charge is 2.53. The number of piperazine rings is 1. The summed E-state index contributed by atoms with van der Waals surface area (Å²) in [7, 11) is 6.07. The van der Waals surface area contributed by atoms with Crippen molar-refractivity contribution in [2.75, 3.05) is 115 Å². The van der Waals surface area contributed by atoms with Crippen LogP contribution in [0.2, 0.25) is 0 Å². The van der Waals surface area contributed by atoms with E-state index in [4.69, 9.17) is 58.9 Å². The van der Waals surface area contributed by atoms with E-state index in [9.17, 15) is 48.6 Å². The number of hydrogen-bond acceptors (Lipinski definition) is 31. The van der Waals surface area contributed by atoms with Gasteiger partial charge >= 0.3 is 11.9 Å². The van der Waals surface area contributed by atoms with E-state index in [2.05, 4.69) is 70.2 Å². The van der Waals surface area contributed by atoms with Crippen LogP contribution in [0.3, 0.4) is 0 Å². The number of oxazole rings is 1. The number of allylic oxidation sites excluding steroid dienone is 6. The molecule has 5 aromatic heterocycles. The third-order valence-corrected chi connectivity index (χ3v) is 26.4. The van der Waals surface area contributed by atoms with Crippen molar-refractivity contribution in [2.24, 2.45) is 35.5 Å². The molecule has 7 aromatic rings. The highest BCUT2D eigenvalue weighted by Crippen LogP contribution is 2.40. The van der Waals surface area contributed by atoms with E-state index in [0.717, 1.165) is 47.3 Å². The van der Waals surface area contributed by atoms with Crippen LogP contribution < -0.4 is 26.6 Å². The van der Waals surface area contributed by atoms with Gasteiger partial charge in [0.25, 0.3) is 23.6 Å². The predicted octanol–water partition coefficient (Wildman–Crippen LogP) is 10.2. The number of carbonyl (C=O) groups excluding carboxylic acids is 8. The van der Waals surface area contributed by atoms with Crippen molar-refractivity contribution in [3.05, 3.63) is 143 Å². The number of nitrogen functional groups attached to an aromatic ring is 2. The average Bonchev–Trinajstić information content (AvgIpc) is 1.68. The summed E-state index contributed by atoms with van der Waals surface area (Å²) in [6.07, 6.45) is 20.8. The van der Waals surface area contributed by atoms with Gasteiger partial charge in [0.15, 0.2) is 17.0 Å². The van der Waals surface area contributed by atoms with Gasteiger partial charge in [-0.15, -0.1) is 0 Å². The molecule has 2 aromatic carbocycles. The lowest BCUT2D eigenvalue weighted by molar-refractivity contribution is -0.265. The molecule has 0 radical (unpaired) electrons. The van der Waals surface area contributed by atoms with E-state index in [1.54, 1.807) is 67.4 Å². The summed E-state index contributed by atoms with van der Waals surface area (Å²) in [6, 6.07) is 10.9. The zero-order valence-corrected chi connectivity index (χ0v) is 78.7. The van der Waals surface area contributed by atoms with Crippen molar-refractivity contribution in [1.29, 1.82) is 0 Å². The second kappa shape index (κ2) is 47.6. The maximum Gasteiger partial charge on any atom is 0.329 e. The maximum atomic E-state index is 14.7. The highest BCUT2D eigenvalue weighted by atomic mass is 16.6. The molecule has 10 heterocycles. The second-order valence-electron chi connectivity index (χ2n) is 36.1. The second-order valence-corrected chi connectivity index (χ2v) is 36.1. The first-order chi connectivity index (χ1) is 64.0. The average molecular weight is 1840 g/mol. The van der Waals surface area contributed by atoms with Crippen LogP contribution in [0.4, 0.5) is 23.7 Å². The van der Waals surface area contributed by atoms with Crippen molar-refractivity contribution in [3.63, 3.8) is 0 Å². The molecule has 1 aliphatic carbocycles.